The molecular formula is C17H19N3O3S. The van der Waals surface area contributed by atoms with Crippen LogP contribution in [0.3, 0.4) is 0 Å². The molecule has 3 N–H and O–H groups in total. The molecule has 0 unspecified atom stereocenters. The van der Waals surface area contributed by atoms with E-state index in [2.05, 4.69) is 10.3 Å². The van der Waals surface area contributed by atoms with Crippen molar-refractivity contribution in [1.82, 2.24) is 0 Å². The first-order valence-electron chi connectivity index (χ1n) is 7.34. The molecule has 0 aliphatic carbocycles. The van der Waals surface area contributed by atoms with E-state index in [4.69, 9.17) is 5.14 Å². The van der Waals surface area contributed by atoms with Crippen LogP contribution in [-0.2, 0) is 21.2 Å². The number of primary sulfonamides is 1. The highest BCUT2D eigenvalue weighted by molar-refractivity contribution is 7.89. The summed E-state index contributed by atoms with van der Waals surface area (Å²) in [5.74, 6) is -0.107. The molecule has 6 nitrogen and oxygen atoms in total. The number of hydrogen-bond donors (Lipinski definition) is 2. The number of rotatable bonds is 6. The van der Waals surface area contributed by atoms with Crippen molar-refractivity contribution in [2.75, 3.05) is 11.9 Å². The highest BCUT2D eigenvalue weighted by Crippen LogP contribution is 2.10. The molecule has 2 rings (SSSR count). The van der Waals surface area contributed by atoms with Gasteiger partial charge in [-0.15, -0.1) is 0 Å². The number of carbonyl (C=O) groups is 1. The van der Waals surface area contributed by atoms with Gasteiger partial charge in [-0.1, -0.05) is 24.3 Å². The molecule has 7 heteroatoms. The smallest absolute Gasteiger partial charge is 0.238 e. The normalized spacial score (nSPS) is 11.6. The number of nitrogens with zero attached hydrogens (tertiary/aromatic N) is 1. The standard InChI is InChI=1S/C17H19N3O3S/c1-13(21)20-16-6-2-15(3-7-16)12-19-11-10-14-4-8-17(9-5-14)24(18,22)23/h2-9,12H,10-11H2,1H3,(H,20,21)(H2,18,22,23). The molecule has 0 radical (unpaired) electrons. The minimum Gasteiger partial charge on any atom is -0.326 e. The van der Waals surface area contributed by atoms with Gasteiger partial charge in [0.25, 0.3) is 0 Å². The predicted octanol–water partition coefficient (Wildman–Crippen LogP) is 1.95. The summed E-state index contributed by atoms with van der Waals surface area (Å²) >= 11 is 0. The van der Waals surface area contributed by atoms with Crippen LogP contribution in [-0.4, -0.2) is 27.1 Å². The van der Waals surface area contributed by atoms with Gasteiger partial charge in [0.2, 0.25) is 15.9 Å². The van der Waals surface area contributed by atoms with E-state index in [0.29, 0.717) is 13.0 Å². The number of benzene rings is 2. The van der Waals surface area contributed by atoms with Crippen LogP contribution in [0.15, 0.2) is 58.4 Å². The number of nitrogens with two attached hydrogens (primary N) is 1. The average molecular weight is 345 g/mol. The fraction of sp³-hybridized carbons (Fsp3) is 0.176. The maximum absolute atomic E-state index is 11.2. The highest BCUT2D eigenvalue weighted by Gasteiger charge is 2.06. The van der Waals surface area contributed by atoms with E-state index in [1.807, 2.05) is 24.3 Å². The second-order valence-electron chi connectivity index (χ2n) is 5.28. The minimum atomic E-state index is -3.65. The lowest BCUT2D eigenvalue weighted by atomic mass is 10.1. The van der Waals surface area contributed by atoms with Crippen molar-refractivity contribution in [2.45, 2.75) is 18.2 Å². The van der Waals surface area contributed by atoms with Crippen molar-refractivity contribution in [3.8, 4) is 0 Å². The van der Waals surface area contributed by atoms with E-state index in [0.717, 1.165) is 16.8 Å². The summed E-state index contributed by atoms with van der Waals surface area (Å²) in [4.78, 5) is 15.4. The summed E-state index contributed by atoms with van der Waals surface area (Å²) in [7, 11) is -3.65. The molecular weight excluding hydrogens is 326 g/mol. The topological polar surface area (TPSA) is 102 Å². The third-order valence-corrected chi connectivity index (χ3v) is 4.18. The van der Waals surface area contributed by atoms with Gasteiger partial charge in [0.1, 0.15) is 0 Å². The fourth-order valence-corrected chi connectivity index (χ4v) is 2.58. The molecule has 0 saturated carbocycles. The molecule has 1 amide bonds. The van der Waals surface area contributed by atoms with Gasteiger partial charge in [0, 0.05) is 25.4 Å². The molecule has 0 heterocycles. The second-order valence-corrected chi connectivity index (χ2v) is 6.84. The maximum atomic E-state index is 11.2. The Morgan fingerprint density at radius 3 is 2.29 bits per heavy atom. The first-order chi connectivity index (χ1) is 11.3. The molecule has 0 atom stereocenters. The van der Waals surface area contributed by atoms with Crippen molar-refractivity contribution in [2.24, 2.45) is 10.1 Å². The van der Waals surface area contributed by atoms with Crippen LogP contribution in [0.5, 0.6) is 0 Å². The number of anilines is 1. The Morgan fingerprint density at radius 2 is 1.75 bits per heavy atom. The maximum Gasteiger partial charge on any atom is 0.238 e. The highest BCUT2D eigenvalue weighted by atomic mass is 32.2. The van der Waals surface area contributed by atoms with Crippen LogP contribution in [0.1, 0.15) is 18.1 Å². The Bertz CT molecular complexity index is 826. The van der Waals surface area contributed by atoms with E-state index in [-0.39, 0.29) is 10.8 Å². The van der Waals surface area contributed by atoms with Gasteiger partial charge in [0.15, 0.2) is 0 Å². The van der Waals surface area contributed by atoms with Crippen LogP contribution in [0, 0.1) is 0 Å². The van der Waals surface area contributed by atoms with Gasteiger partial charge in [-0.3, -0.25) is 9.79 Å². The van der Waals surface area contributed by atoms with Gasteiger partial charge < -0.3 is 5.32 Å². The lowest BCUT2D eigenvalue weighted by Crippen LogP contribution is -2.11. The zero-order valence-corrected chi connectivity index (χ0v) is 14.1. The zero-order chi connectivity index (χ0) is 17.6. The van der Waals surface area contributed by atoms with Gasteiger partial charge in [-0.05, 0) is 41.8 Å². The number of hydrogen-bond acceptors (Lipinski definition) is 4. The average Bonchev–Trinajstić information content (AvgIpc) is 2.52. The number of carbonyl (C=O) groups excluding carboxylic acids is 1. The molecule has 0 bridgehead atoms. The van der Waals surface area contributed by atoms with Gasteiger partial charge in [-0.2, -0.15) is 0 Å². The molecule has 0 fully saturated rings. The van der Waals surface area contributed by atoms with E-state index >= 15 is 0 Å². The minimum absolute atomic E-state index is 0.106. The van der Waals surface area contributed by atoms with Crippen molar-refractivity contribution in [3.05, 3.63) is 59.7 Å². The van der Waals surface area contributed by atoms with Crippen molar-refractivity contribution in [1.29, 1.82) is 0 Å². The molecule has 0 saturated heterocycles. The summed E-state index contributed by atoms with van der Waals surface area (Å²) in [6, 6.07) is 13.8. The third kappa shape index (κ3) is 5.60. The van der Waals surface area contributed by atoms with E-state index in [9.17, 15) is 13.2 Å². The first-order valence-corrected chi connectivity index (χ1v) is 8.88. The van der Waals surface area contributed by atoms with Crippen LogP contribution >= 0.6 is 0 Å². The molecule has 0 aromatic heterocycles. The van der Waals surface area contributed by atoms with E-state index < -0.39 is 10.0 Å². The summed E-state index contributed by atoms with van der Waals surface area (Å²) in [6.07, 6.45) is 2.46. The van der Waals surface area contributed by atoms with Crippen LogP contribution in [0.4, 0.5) is 5.69 Å². The quantitative estimate of drug-likeness (QED) is 0.782. The Kier molecular flexibility index (Phi) is 5.83. The molecule has 24 heavy (non-hydrogen) atoms. The number of nitrogens with one attached hydrogen (secondary N) is 1. The summed E-state index contributed by atoms with van der Waals surface area (Å²) in [5, 5.41) is 7.76. The molecule has 0 aliphatic heterocycles. The Labute approximate surface area is 141 Å². The van der Waals surface area contributed by atoms with E-state index in [1.165, 1.54) is 19.1 Å². The van der Waals surface area contributed by atoms with Crippen molar-refractivity contribution in [3.63, 3.8) is 0 Å². The van der Waals surface area contributed by atoms with Crippen LogP contribution < -0.4 is 10.5 Å². The number of aliphatic imine (C=N–C) groups is 1. The second kappa shape index (κ2) is 7.85. The summed E-state index contributed by atoms with van der Waals surface area (Å²) in [5.41, 5.74) is 2.67. The SMILES string of the molecule is CC(=O)Nc1ccc(C=NCCc2ccc(S(N)(=O)=O)cc2)cc1. The number of amides is 1. The predicted molar refractivity (Wildman–Crippen MR) is 94.7 cm³/mol. The van der Waals surface area contributed by atoms with Crippen LogP contribution in [0.2, 0.25) is 0 Å². The van der Waals surface area contributed by atoms with Gasteiger partial charge >= 0.3 is 0 Å². The Hall–Kier alpha value is -2.51. The Morgan fingerprint density at radius 1 is 1.12 bits per heavy atom. The molecule has 126 valence electrons. The monoisotopic (exact) mass is 345 g/mol. The lowest BCUT2D eigenvalue weighted by Gasteiger charge is -2.02. The molecule has 2 aromatic carbocycles. The first kappa shape index (κ1) is 17.8. The molecule has 0 aliphatic rings. The zero-order valence-electron chi connectivity index (χ0n) is 13.3. The fourth-order valence-electron chi connectivity index (χ4n) is 2.07. The number of sulfonamides is 1. The van der Waals surface area contributed by atoms with E-state index in [1.54, 1.807) is 18.3 Å². The van der Waals surface area contributed by atoms with Crippen LogP contribution in [0.25, 0.3) is 0 Å². The molecule has 0 spiro atoms. The van der Waals surface area contributed by atoms with Crippen molar-refractivity contribution >= 4 is 27.8 Å². The van der Waals surface area contributed by atoms with Gasteiger partial charge in [-0.25, -0.2) is 13.6 Å². The summed E-state index contributed by atoms with van der Waals surface area (Å²) < 4.78 is 22.4. The Balaban J connectivity index is 1.87. The lowest BCUT2D eigenvalue weighted by molar-refractivity contribution is -0.114. The van der Waals surface area contributed by atoms with Gasteiger partial charge in [0.05, 0.1) is 4.90 Å². The molecule has 2 aromatic rings. The van der Waals surface area contributed by atoms with Crippen molar-refractivity contribution < 1.29 is 13.2 Å². The third-order valence-electron chi connectivity index (χ3n) is 3.25. The largest absolute Gasteiger partial charge is 0.326 e. The summed E-state index contributed by atoms with van der Waals surface area (Å²) in [6.45, 7) is 2.05.